The van der Waals surface area contributed by atoms with Crippen LogP contribution in [0.25, 0.3) is 0 Å². The molecule has 1 amide bonds. The number of nitrogens with one attached hydrogen (secondary N) is 1. The van der Waals surface area contributed by atoms with Crippen molar-refractivity contribution in [3.05, 3.63) is 26.7 Å². The van der Waals surface area contributed by atoms with Crippen LogP contribution in [-0.4, -0.2) is 27.0 Å². The van der Waals surface area contributed by atoms with E-state index in [9.17, 15) is 9.59 Å². The predicted octanol–water partition coefficient (Wildman–Crippen LogP) is 1.12. The number of aromatic nitrogens is 2. The van der Waals surface area contributed by atoms with Crippen LogP contribution < -0.4 is 11.1 Å². The fourth-order valence-corrected chi connectivity index (χ4v) is 2.75. The number of rotatable bonds is 4. The first kappa shape index (κ1) is 13.4. The van der Waals surface area contributed by atoms with E-state index in [1.165, 1.54) is 11.3 Å². The summed E-state index contributed by atoms with van der Waals surface area (Å²) in [5.74, 6) is -1.38. The zero-order valence-corrected chi connectivity index (χ0v) is 11.5. The summed E-state index contributed by atoms with van der Waals surface area (Å²) in [6.07, 6.45) is 0. The van der Waals surface area contributed by atoms with Crippen LogP contribution in [0.5, 0.6) is 0 Å². The molecule has 0 unspecified atom stereocenters. The van der Waals surface area contributed by atoms with Gasteiger partial charge in [0.05, 0.1) is 12.2 Å². The van der Waals surface area contributed by atoms with Crippen LogP contribution >= 0.6 is 22.7 Å². The summed E-state index contributed by atoms with van der Waals surface area (Å²) in [7, 11) is 0. The minimum atomic E-state index is -1.01. The Hall–Kier alpha value is -2.00. The van der Waals surface area contributed by atoms with E-state index < -0.39 is 5.97 Å². The van der Waals surface area contributed by atoms with Gasteiger partial charge in [-0.15, -0.1) is 22.7 Å². The van der Waals surface area contributed by atoms with Crippen LogP contribution in [0.4, 0.5) is 5.13 Å². The molecule has 0 aliphatic heterocycles. The second-order valence-corrected chi connectivity index (χ2v) is 5.55. The number of nitrogens with two attached hydrogens (primary N) is 1. The first-order valence-corrected chi connectivity index (χ1v) is 6.85. The average Bonchev–Trinajstić information content (AvgIpc) is 2.92. The highest BCUT2D eigenvalue weighted by molar-refractivity contribution is 7.14. The Bertz CT molecular complexity index is 635. The zero-order valence-electron chi connectivity index (χ0n) is 9.84. The lowest BCUT2D eigenvalue weighted by Crippen LogP contribution is -2.23. The van der Waals surface area contributed by atoms with Crippen LogP contribution in [0, 0.1) is 6.92 Å². The number of carboxylic acid groups (broad SMARTS) is 1. The van der Waals surface area contributed by atoms with Crippen molar-refractivity contribution in [3.63, 3.8) is 0 Å². The number of thiazole rings is 2. The molecule has 2 aromatic heterocycles. The summed E-state index contributed by atoms with van der Waals surface area (Å²) in [5, 5.41) is 13.9. The molecular formula is C10H10N4O3S2. The zero-order chi connectivity index (χ0) is 14.0. The Morgan fingerprint density at radius 1 is 1.47 bits per heavy atom. The number of nitrogen functional groups attached to an aromatic ring is 1. The number of aryl methyl sites for hydroxylation is 1. The lowest BCUT2D eigenvalue weighted by atomic mass is 10.4. The summed E-state index contributed by atoms with van der Waals surface area (Å²) >= 11 is 2.22. The number of carbonyl (C=O) groups excluding carboxylic acids is 1. The van der Waals surface area contributed by atoms with Gasteiger partial charge in [0.2, 0.25) is 0 Å². The smallest absolute Gasteiger partial charge is 0.347 e. The van der Waals surface area contributed by atoms with E-state index in [2.05, 4.69) is 15.3 Å². The summed E-state index contributed by atoms with van der Waals surface area (Å²) in [4.78, 5) is 30.7. The van der Waals surface area contributed by atoms with E-state index in [4.69, 9.17) is 10.8 Å². The quantitative estimate of drug-likeness (QED) is 0.778. The van der Waals surface area contributed by atoms with Crippen molar-refractivity contribution in [2.75, 3.05) is 5.73 Å². The van der Waals surface area contributed by atoms with Gasteiger partial charge in [-0.3, -0.25) is 4.79 Å². The molecule has 2 heterocycles. The van der Waals surface area contributed by atoms with E-state index in [1.807, 2.05) is 0 Å². The third kappa shape index (κ3) is 3.06. The molecule has 0 saturated carbocycles. The summed E-state index contributed by atoms with van der Waals surface area (Å²) in [6.45, 7) is 1.78. The standard InChI is InChI=1S/C10H10N4O3S2/c1-4-7(9(16)17)19-6(13-4)2-12-8(15)5-3-18-10(11)14-5/h3H,2H2,1H3,(H2,11,14)(H,12,15)(H,16,17). The normalized spacial score (nSPS) is 10.4. The Kier molecular flexibility index (Phi) is 3.76. The molecule has 0 radical (unpaired) electrons. The van der Waals surface area contributed by atoms with Crippen LogP contribution in [0.1, 0.15) is 30.9 Å². The molecule has 2 rings (SSSR count). The van der Waals surface area contributed by atoms with Gasteiger partial charge in [-0.25, -0.2) is 14.8 Å². The lowest BCUT2D eigenvalue weighted by Gasteiger charge is -1.99. The number of hydrogen-bond acceptors (Lipinski definition) is 7. The minimum absolute atomic E-state index is 0.162. The summed E-state index contributed by atoms with van der Waals surface area (Å²) in [5.41, 5.74) is 6.12. The molecule has 0 saturated heterocycles. The molecule has 9 heteroatoms. The van der Waals surface area contributed by atoms with Crippen molar-refractivity contribution in [1.82, 2.24) is 15.3 Å². The second-order valence-electron chi connectivity index (χ2n) is 3.58. The van der Waals surface area contributed by atoms with Crippen molar-refractivity contribution >= 4 is 39.7 Å². The highest BCUT2D eigenvalue weighted by Crippen LogP contribution is 2.18. The maximum absolute atomic E-state index is 11.7. The van der Waals surface area contributed by atoms with Crippen molar-refractivity contribution in [2.45, 2.75) is 13.5 Å². The van der Waals surface area contributed by atoms with E-state index in [0.29, 0.717) is 15.8 Å². The number of hydrogen-bond donors (Lipinski definition) is 3. The molecule has 0 fully saturated rings. The molecule has 0 aliphatic carbocycles. The van der Waals surface area contributed by atoms with Gasteiger partial charge < -0.3 is 16.2 Å². The summed E-state index contributed by atoms with van der Waals surface area (Å²) in [6, 6.07) is 0. The Labute approximate surface area is 116 Å². The topological polar surface area (TPSA) is 118 Å². The first-order valence-electron chi connectivity index (χ1n) is 5.16. The van der Waals surface area contributed by atoms with Crippen LogP contribution in [-0.2, 0) is 6.54 Å². The van der Waals surface area contributed by atoms with E-state index in [0.717, 1.165) is 11.3 Å². The monoisotopic (exact) mass is 298 g/mol. The van der Waals surface area contributed by atoms with E-state index in [-0.39, 0.29) is 23.0 Å². The Morgan fingerprint density at radius 3 is 2.74 bits per heavy atom. The number of nitrogens with zero attached hydrogens (tertiary/aromatic N) is 2. The number of anilines is 1. The molecular weight excluding hydrogens is 288 g/mol. The third-order valence-electron chi connectivity index (χ3n) is 2.19. The SMILES string of the molecule is Cc1nc(CNC(=O)c2csc(N)n2)sc1C(=O)O. The molecule has 7 nitrogen and oxygen atoms in total. The Balaban J connectivity index is 2.01. The Morgan fingerprint density at radius 2 is 2.21 bits per heavy atom. The number of amides is 1. The molecule has 2 aromatic rings. The number of carboxylic acids is 1. The van der Waals surface area contributed by atoms with E-state index >= 15 is 0 Å². The van der Waals surface area contributed by atoms with Gasteiger partial charge in [0.1, 0.15) is 15.6 Å². The van der Waals surface area contributed by atoms with Gasteiger partial charge in [0.25, 0.3) is 5.91 Å². The van der Waals surface area contributed by atoms with Crippen molar-refractivity contribution in [2.24, 2.45) is 0 Å². The molecule has 0 atom stereocenters. The molecule has 0 bridgehead atoms. The minimum Gasteiger partial charge on any atom is -0.477 e. The maximum atomic E-state index is 11.7. The van der Waals surface area contributed by atoms with Crippen LogP contribution in [0.15, 0.2) is 5.38 Å². The molecule has 0 spiro atoms. The van der Waals surface area contributed by atoms with E-state index in [1.54, 1.807) is 12.3 Å². The van der Waals surface area contributed by atoms with Gasteiger partial charge >= 0.3 is 5.97 Å². The van der Waals surface area contributed by atoms with Gasteiger partial charge in [-0.2, -0.15) is 0 Å². The lowest BCUT2D eigenvalue weighted by molar-refractivity contribution is 0.0701. The molecule has 0 aliphatic rings. The fraction of sp³-hybridized carbons (Fsp3) is 0.200. The largest absolute Gasteiger partial charge is 0.477 e. The van der Waals surface area contributed by atoms with Crippen LogP contribution in [0.2, 0.25) is 0 Å². The number of aromatic carboxylic acids is 1. The van der Waals surface area contributed by atoms with Crippen molar-refractivity contribution in [1.29, 1.82) is 0 Å². The summed E-state index contributed by atoms with van der Waals surface area (Å²) < 4.78 is 0. The average molecular weight is 298 g/mol. The molecule has 0 aromatic carbocycles. The third-order valence-corrected chi connectivity index (χ3v) is 4.01. The first-order chi connectivity index (χ1) is 8.97. The number of carbonyl (C=O) groups is 2. The fourth-order valence-electron chi connectivity index (χ4n) is 1.36. The maximum Gasteiger partial charge on any atom is 0.347 e. The highest BCUT2D eigenvalue weighted by Gasteiger charge is 2.15. The van der Waals surface area contributed by atoms with Crippen LogP contribution in [0.3, 0.4) is 0 Å². The van der Waals surface area contributed by atoms with Crippen molar-refractivity contribution < 1.29 is 14.7 Å². The van der Waals surface area contributed by atoms with Crippen molar-refractivity contribution in [3.8, 4) is 0 Å². The molecule has 100 valence electrons. The van der Waals surface area contributed by atoms with Gasteiger partial charge in [0.15, 0.2) is 5.13 Å². The van der Waals surface area contributed by atoms with Gasteiger partial charge in [-0.1, -0.05) is 0 Å². The van der Waals surface area contributed by atoms with Gasteiger partial charge in [0, 0.05) is 5.38 Å². The van der Waals surface area contributed by atoms with Gasteiger partial charge in [-0.05, 0) is 6.92 Å². The predicted molar refractivity (Wildman–Crippen MR) is 71.5 cm³/mol. The molecule has 4 N–H and O–H groups in total. The second kappa shape index (κ2) is 5.33. The molecule has 19 heavy (non-hydrogen) atoms. The highest BCUT2D eigenvalue weighted by atomic mass is 32.1.